The van der Waals surface area contributed by atoms with Crippen molar-refractivity contribution in [3.63, 3.8) is 0 Å². The van der Waals surface area contributed by atoms with Crippen LogP contribution in [0.25, 0.3) is 11.3 Å². The summed E-state index contributed by atoms with van der Waals surface area (Å²) < 4.78 is 5.13. The average molecular weight is 213 g/mol. The molecule has 0 fully saturated rings. The van der Waals surface area contributed by atoms with E-state index in [1.807, 2.05) is 18.2 Å². The second-order valence-electron chi connectivity index (χ2n) is 3.32. The van der Waals surface area contributed by atoms with Gasteiger partial charge in [0.25, 0.3) is 0 Å². The molecule has 80 valence electrons. The first-order valence-electron chi connectivity index (χ1n) is 4.89. The summed E-state index contributed by atoms with van der Waals surface area (Å²) in [6, 6.07) is 10.9. The Hall–Kier alpha value is -2.16. The summed E-state index contributed by atoms with van der Waals surface area (Å²) in [5, 5.41) is 0. The molecule has 3 heteroatoms. The van der Waals surface area contributed by atoms with Crippen LogP contribution in [-0.2, 0) is 0 Å². The molecule has 1 aromatic carbocycles. The number of carbonyl (C=O) groups is 1. The molecule has 0 bridgehead atoms. The Morgan fingerprint density at radius 3 is 2.56 bits per heavy atom. The SMILES string of the molecule is COc1ccnc(-c2ccc(C=O)cc2)c1. The van der Waals surface area contributed by atoms with Crippen molar-refractivity contribution >= 4 is 6.29 Å². The van der Waals surface area contributed by atoms with Gasteiger partial charge in [-0.3, -0.25) is 9.78 Å². The quantitative estimate of drug-likeness (QED) is 0.735. The normalized spacial score (nSPS) is 9.81. The van der Waals surface area contributed by atoms with Gasteiger partial charge in [0, 0.05) is 23.4 Å². The molecule has 0 N–H and O–H groups in total. The van der Waals surface area contributed by atoms with E-state index in [4.69, 9.17) is 4.74 Å². The Morgan fingerprint density at radius 1 is 1.19 bits per heavy atom. The van der Waals surface area contributed by atoms with Crippen molar-refractivity contribution in [2.75, 3.05) is 7.11 Å². The van der Waals surface area contributed by atoms with E-state index < -0.39 is 0 Å². The number of pyridine rings is 1. The molecule has 0 spiro atoms. The van der Waals surface area contributed by atoms with Gasteiger partial charge in [0.1, 0.15) is 12.0 Å². The van der Waals surface area contributed by atoms with Gasteiger partial charge in [0.15, 0.2) is 0 Å². The molecule has 16 heavy (non-hydrogen) atoms. The number of ether oxygens (including phenoxy) is 1. The second kappa shape index (κ2) is 4.57. The van der Waals surface area contributed by atoms with E-state index in [1.165, 1.54) is 0 Å². The van der Waals surface area contributed by atoms with Gasteiger partial charge in [0.05, 0.1) is 12.8 Å². The second-order valence-corrected chi connectivity index (χ2v) is 3.32. The third kappa shape index (κ3) is 2.08. The van der Waals surface area contributed by atoms with Crippen LogP contribution in [0.15, 0.2) is 42.6 Å². The van der Waals surface area contributed by atoms with Crippen LogP contribution >= 0.6 is 0 Å². The van der Waals surface area contributed by atoms with Crippen LogP contribution in [-0.4, -0.2) is 18.4 Å². The fraction of sp³-hybridized carbons (Fsp3) is 0.0769. The third-order valence-corrected chi connectivity index (χ3v) is 2.31. The van der Waals surface area contributed by atoms with Gasteiger partial charge in [-0.2, -0.15) is 0 Å². The minimum absolute atomic E-state index is 0.659. The summed E-state index contributed by atoms with van der Waals surface area (Å²) in [6.45, 7) is 0. The Kier molecular flexibility index (Phi) is 2.96. The lowest BCUT2D eigenvalue weighted by molar-refractivity contribution is 0.112. The number of nitrogens with zero attached hydrogens (tertiary/aromatic N) is 1. The molecule has 0 radical (unpaired) electrons. The lowest BCUT2D eigenvalue weighted by Gasteiger charge is -2.03. The predicted molar refractivity (Wildman–Crippen MR) is 61.6 cm³/mol. The zero-order chi connectivity index (χ0) is 11.4. The molecule has 2 aromatic rings. The Morgan fingerprint density at radius 2 is 1.94 bits per heavy atom. The molecule has 1 aromatic heterocycles. The van der Waals surface area contributed by atoms with Crippen LogP contribution < -0.4 is 4.74 Å². The van der Waals surface area contributed by atoms with E-state index in [2.05, 4.69) is 4.98 Å². The highest BCUT2D eigenvalue weighted by Gasteiger charge is 2.00. The maximum atomic E-state index is 10.5. The lowest BCUT2D eigenvalue weighted by atomic mass is 10.1. The highest BCUT2D eigenvalue weighted by atomic mass is 16.5. The van der Waals surface area contributed by atoms with Crippen LogP contribution in [0, 0.1) is 0 Å². The van der Waals surface area contributed by atoms with Gasteiger partial charge in [0.2, 0.25) is 0 Å². The Balaban J connectivity index is 2.38. The molecule has 2 rings (SSSR count). The fourth-order valence-corrected chi connectivity index (χ4v) is 1.43. The van der Waals surface area contributed by atoms with E-state index >= 15 is 0 Å². The van der Waals surface area contributed by atoms with Crippen LogP contribution in [0.4, 0.5) is 0 Å². The number of aldehydes is 1. The molecule has 0 aliphatic carbocycles. The highest BCUT2D eigenvalue weighted by Crippen LogP contribution is 2.21. The summed E-state index contributed by atoms with van der Waals surface area (Å²) >= 11 is 0. The number of hydrogen-bond acceptors (Lipinski definition) is 3. The number of carbonyl (C=O) groups excluding carboxylic acids is 1. The predicted octanol–water partition coefficient (Wildman–Crippen LogP) is 2.57. The zero-order valence-corrected chi connectivity index (χ0v) is 8.88. The first-order chi connectivity index (χ1) is 7.83. The summed E-state index contributed by atoms with van der Waals surface area (Å²) in [7, 11) is 1.62. The summed E-state index contributed by atoms with van der Waals surface area (Å²) in [6.07, 6.45) is 2.52. The summed E-state index contributed by atoms with van der Waals surface area (Å²) in [5.74, 6) is 0.768. The van der Waals surface area contributed by atoms with E-state index in [9.17, 15) is 4.79 Å². The van der Waals surface area contributed by atoms with Crippen LogP contribution in [0.2, 0.25) is 0 Å². The zero-order valence-electron chi connectivity index (χ0n) is 8.88. The van der Waals surface area contributed by atoms with Crippen molar-refractivity contribution in [2.45, 2.75) is 0 Å². The van der Waals surface area contributed by atoms with Crippen LogP contribution in [0.3, 0.4) is 0 Å². The van der Waals surface area contributed by atoms with Crippen molar-refractivity contribution in [1.29, 1.82) is 0 Å². The van der Waals surface area contributed by atoms with Gasteiger partial charge in [-0.05, 0) is 6.07 Å². The van der Waals surface area contributed by atoms with Crippen LogP contribution in [0.5, 0.6) is 5.75 Å². The number of aromatic nitrogens is 1. The minimum Gasteiger partial charge on any atom is -0.497 e. The topological polar surface area (TPSA) is 39.2 Å². The van der Waals surface area contributed by atoms with Crippen molar-refractivity contribution in [1.82, 2.24) is 4.98 Å². The molecular formula is C13H11NO2. The summed E-state index contributed by atoms with van der Waals surface area (Å²) in [5.41, 5.74) is 2.45. The van der Waals surface area contributed by atoms with Gasteiger partial charge >= 0.3 is 0 Å². The first-order valence-corrected chi connectivity index (χ1v) is 4.89. The molecule has 0 unspecified atom stereocenters. The summed E-state index contributed by atoms with van der Waals surface area (Å²) in [4.78, 5) is 14.8. The van der Waals surface area contributed by atoms with Gasteiger partial charge in [-0.25, -0.2) is 0 Å². The van der Waals surface area contributed by atoms with Gasteiger partial charge in [-0.15, -0.1) is 0 Å². The maximum absolute atomic E-state index is 10.5. The first kappa shape index (κ1) is 10.4. The molecule has 0 amide bonds. The third-order valence-electron chi connectivity index (χ3n) is 2.31. The van der Waals surface area contributed by atoms with E-state index in [-0.39, 0.29) is 0 Å². The van der Waals surface area contributed by atoms with E-state index in [0.29, 0.717) is 5.56 Å². The molecular weight excluding hydrogens is 202 g/mol. The Labute approximate surface area is 93.7 Å². The van der Waals surface area contributed by atoms with Crippen molar-refractivity contribution in [3.8, 4) is 17.0 Å². The van der Waals surface area contributed by atoms with Gasteiger partial charge in [-0.1, -0.05) is 24.3 Å². The molecule has 0 aliphatic rings. The van der Waals surface area contributed by atoms with Gasteiger partial charge < -0.3 is 4.74 Å². The fourth-order valence-electron chi connectivity index (χ4n) is 1.43. The molecule has 0 aliphatic heterocycles. The smallest absolute Gasteiger partial charge is 0.150 e. The van der Waals surface area contributed by atoms with E-state index in [0.717, 1.165) is 23.3 Å². The van der Waals surface area contributed by atoms with Crippen molar-refractivity contribution < 1.29 is 9.53 Å². The van der Waals surface area contributed by atoms with Crippen LogP contribution in [0.1, 0.15) is 10.4 Å². The maximum Gasteiger partial charge on any atom is 0.150 e. The molecule has 0 atom stereocenters. The average Bonchev–Trinajstić information content (AvgIpc) is 2.39. The minimum atomic E-state index is 0.659. The number of methoxy groups -OCH3 is 1. The molecule has 0 saturated carbocycles. The van der Waals surface area contributed by atoms with Crippen molar-refractivity contribution in [2.24, 2.45) is 0 Å². The van der Waals surface area contributed by atoms with E-state index in [1.54, 1.807) is 31.5 Å². The number of rotatable bonds is 3. The number of hydrogen-bond donors (Lipinski definition) is 0. The largest absolute Gasteiger partial charge is 0.497 e. The molecule has 0 saturated heterocycles. The standard InChI is InChI=1S/C13H11NO2/c1-16-12-6-7-14-13(8-12)11-4-2-10(9-15)3-5-11/h2-9H,1H3. The Bertz CT molecular complexity index is 492. The van der Waals surface area contributed by atoms with Crippen molar-refractivity contribution in [3.05, 3.63) is 48.2 Å². The monoisotopic (exact) mass is 213 g/mol. The molecule has 3 nitrogen and oxygen atoms in total. The molecule has 1 heterocycles. The number of benzene rings is 1. The lowest BCUT2D eigenvalue weighted by Crippen LogP contribution is -1.87. The highest BCUT2D eigenvalue weighted by molar-refractivity contribution is 5.76.